The van der Waals surface area contributed by atoms with Crippen molar-refractivity contribution < 1.29 is 38.6 Å². The molecule has 0 aliphatic carbocycles. The Balaban J connectivity index is 1.77. The second-order valence-corrected chi connectivity index (χ2v) is 10.2. The van der Waals surface area contributed by atoms with Crippen LogP contribution in [0.15, 0.2) is 30.3 Å². The van der Waals surface area contributed by atoms with Gasteiger partial charge in [0.15, 0.2) is 0 Å². The van der Waals surface area contributed by atoms with Crippen molar-refractivity contribution in [3.05, 3.63) is 40.9 Å². The van der Waals surface area contributed by atoms with Gasteiger partial charge in [0.25, 0.3) is 5.91 Å². The van der Waals surface area contributed by atoms with E-state index in [9.17, 15) is 24.0 Å². The van der Waals surface area contributed by atoms with Crippen LogP contribution in [0.4, 0.5) is 4.79 Å². The Morgan fingerprint density at radius 3 is 2.52 bits per heavy atom. The number of hydrogen-bond donors (Lipinski definition) is 3. The number of ether oxygens (including phenoxy) is 2. The molecule has 0 radical (unpaired) electrons. The fraction of sp³-hybridized carbons (Fsp3) is 0.481. The molecule has 1 fully saturated rings. The van der Waals surface area contributed by atoms with E-state index in [0.29, 0.717) is 42.7 Å². The second-order valence-electron chi connectivity index (χ2n) is 9.11. The molecule has 1 saturated heterocycles. The lowest BCUT2D eigenvalue weighted by Crippen LogP contribution is -2.49. The normalized spacial score (nSPS) is 13.8. The number of piperazine rings is 1. The van der Waals surface area contributed by atoms with Gasteiger partial charge in [-0.1, -0.05) is 43.7 Å². The highest BCUT2D eigenvalue weighted by atomic mass is 32.1. The minimum Gasteiger partial charge on any atom is -0.481 e. The second kappa shape index (κ2) is 15.7. The van der Waals surface area contributed by atoms with E-state index >= 15 is 0 Å². The van der Waals surface area contributed by atoms with Crippen molar-refractivity contribution in [1.29, 1.82) is 0 Å². The third-order valence-electron chi connectivity index (χ3n) is 6.05. The number of aliphatic carboxylic acids is 1. The van der Waals surface area contributed by atoms with Crippen LogP contribution < -0.4 is 10.6 Å². The summed E-state index contributed by atoms with van der Waals surface area (Å²) in [5, 5.41) is 15.3. The molecule has 0 bridgehead atoms. The van der Waals surface area contributed by atoms with E-state index in [-0.39, 0.29) is 25.0 Å². The fourth-order valence-electron chi connectivity index (χ4n) is 3.83. The van der Waals surface area contributed by atoms with Gasteiger partial charge in [-0.05, 0) is 19.3 Å². The first-order valence-corrected chi connectivity index (χ1v) is 14.0. The Labute approximate surface area is 236 Å². The van der Waals surface area contributed by atoms with Crippen LogP contribution in [-0.2, 0) is 30.3 Å². The Bertz CT molecular complexity index is 1180. The van der Waals surface area contributed by atoms with Crippen molar-refractivity contribution in [1.82, 2.24) is 20.5 Å². The van der Waals surface area contributed by atoms with Crippen LogP contribution in [0, 0.1) is 0 Å². The fourth-order valence-corrected chi connectivity index (χ4v) is 4.90. The number of nitrogens with one attached hydrogen (secondary N) is 2. The summed E-state index contributed by atoms with van der Waals surface area (Å²) in [5.74, 6) is -3.38. The van der Waals surface area contributed by atoms with Crippen LogP contribution in [0.25, 0.3) is 10.6 Å². The van der Waals surface area contributed by atoms with Crippen LogP contribution in [-0.4, -0.2) is 83.7 Å². The summed E-state index contributed by atoms with van der Waals surface area (Å²) in [6.07, 6.45) is 0.271. The van der Waals surface area contributed by atoms with Crippen molar-refractivity contribution in [2.45, 2.75) is 51.5 Å². The lowest BCUT2D eigenvalue weighted by atomic mass is 10.1. The zero-order valence-electron chi connectivity index (χ0n) is 22.3. The van der Waals surface area contributed by atoms with Crippen molar-refractivity contribution in [2.75, 3.05) is 32.8 Å². The molecule has 12 nitrogen and oxygen atoms in total. The molecule has 1 unspecified atom stereocenters. The van der Waals surface area contributed by atoms with E-state index in [1.54, 1.807) is 0 Å². The average Bonchev–Trinajstić information content (AvgIpc) is 3.39. The third-order valence-corrected chi connectivity index (χ3v) is 7.21. The summed E-state index contributed by atoms with van der Waals surface area (Å²) in [4.78, 5) is 68.4. The molecule has 2 amide bonds. The van der Waals surface area contributed by atoms with Crippen LogP contribution in [0.1, 0.15) is 54.4 Å². The molecule has 0 spiro atoms. The van der Waals surface area contributed by atoms with E-state index in [2.05, 4.69) is 15.6 Å². The van der Waals surface area contributed by atoms with Gasteiger partial charge in [0.05, 0.1) is 13.0 Å². The lowest BCUT2D eigenvalue weighted by Gasteiger charge is -2.26. The average molecular weight is 575 g/mol. The van der Waals surface area contributed by atoms with E-state index in [0.717, 1.165) is 18.4 Å². The Morgan fingerprint density at radius 2 is 1.85 bits per heavy atom. The minimum atomic E-state index is -1.40. The predicted molar refractivity (Wildman–Crippen MR) is 146 cm³/mol. The number of unbranched alkanes of at least 4 members (excludes halogenated alkanes) is 1. The molecule has 1 aromatic heterocycles. The standard InChI is InChI=1S/C27H34N4O8S/c1-2-3-17-38-22(34)12-10-20-23(30-25(40-20)18-7-5-4-6-8-18)24(35)29-19(9-11-21(32)33)26(36)39-27(37)31-15-13-28-14-16-31/h4-8,19,28H,2-3,9-17H2,1H3,(H,29,35)(H,32,33). The Kier molecular flexibility index (Phi) is 12.0. The molecule has 2 aromatic rings. The molecule has 13 heteroatoms. The first-order chi connectivity index (χ1) is 19.3. The number of carboxylic acid groups (broad SMARTS) is 1. The molecule has 1 aromatic carbocycles. The van der Waals surface area contributed by atoms with Crippen molar-refractivity contribution in [3.8, 4) is 10.6 Å². The summed E-state index contributed by atoms with van der Waals surface area (Å²) in [6, 6.07) is 7.77. The number of aryl methyl sites for hydroxylation is 1. The van der Waals surface area contributed by atoms with E-state index in [1.165, 1.54) is 16.2 Å². The highest BCUT2D eigenvalue weighted by molar-refractivity contribution is 7.15. The molecule has 3 rings (SSSR count). The van der Waals surface area contributed by atoms with E-state index in [1.807, 2.05) is 37.3 Å². The number of carbonyl (C=O) groups excluding carboxylic acids is 4. The van der Waals surface area contributed by atoms with Crippen LogP contribution in [0.3, 0.4) is 0 Å². The lowest BCUT2D eigenvalue weighted by molar-refractivity contribution is -0.144. The van der Waals surface area contributed by atoms with Gasteiger partial charge in [-0.15, -0.1) is 11.3 Å². The van der Waals surface area contributed by atoms with Crippen LogP contribution in [0.2, 0.25) is 0 Å². The monoisotopic (exact) mass is 574 g/mol. The first kappa shape index (κ1) is 30.7. The van der Waals surface area contributed by atoms with Crippen molar-refractivity contribution >= 4 is 41.2 Å². The number of nitrogens with zero attached hydrogens (tertiary/aromatic N) is 2. The molecule has 1 aliphatic rings. The number of esters is 2. The van der Waals surface area contributed by atoms with Crippen molar-refractivity contribution in [2.24, 2.45) is 0 Å². The molecule has 216 valence electrons. The molecule has 1 atom stereocenters. The number of thiazole rings is 1. The third kappa shape index (κ3) is 9.42. The Hall–Kier alpha value is -3.84. The maximum absolute atomic E-state index is 13.4. The highest BCUT2D eigenvalue weighted by Gasteiger charge is 2.30. The molecule has 3 N–H and O–H groups in total. The van der Waals surface area contributed by atoms with Gasteiger partial charge < -0.3 is 30.1 Å². The summed E-state index contributed by atoms with van der Waals surface area (Å²) >= 11 is 1.24. The largest absolute Gasteiger partial charge is 0.481 e. The van der Waals surface area contributed by atoms with E-state index in [4.69, 9.17) is 14.6 Å². The zero-order chi connectivity index (χ0) is 28.9. The van der Waals surface area contributed by atoms with Gasteiger partial charge in [0.1, 0.15) is 16.7 Å². The topological polar surface area (TPSA) is 164 Å². The van der Waals surface area contributed by atoms with Gasteiger partial charge in [-0.3, -0.25) is 14.4 Å². The molecule has 40 heavy (non-hydrogen) atoms. The zero-order valence-corrected chi connectivity index (χ0v) is 23.2. The smallest absolute Gasteiger partial charge is 0.417 e. The Morgan fingerprint density at radius 1 is 1.12 bits per heavy atom. The van der Waals surface area contributed by atoms with Crippen molar-refractivity contribution in [3.63, 3.8) is 0 Å². The number of hydrogen-bond acceptors (Lipinski definition) is 10. The van der Waals surface area contributed by atoms with Crippen LogP contribution >= 0.6 is 11.3 Å². The molecular weight excluding hydrogens is 540 g/mol. The number of aromatic nitrogens is 1. The highest BCUT2D eigenvalue weighted by Crippen LogP contribution is 2.29. The van der Waals surface area contributed by atoms with E-state index < -0.39 is 42.4 Å². The molecule has 2 heterocycles. The number of benzene rings is 1. The van der Waals surface area contributed by atoms with Gasteiger partial charge >= 0.3 is 24.0 Å². The summed E-state index contributed by atoms with van der Waals surface area (Å²) in [7, 11) is 0. The van der Waals surface area contributed by atoms with Gasteiger partial charge in [0, 0.05) is 43.0 Å². The first-order valence-electron chi connectivity index (χ1n) is 13.2. The quantitative estimate of drug-likeness (QED) is 0.184. The number of amides is 2. The summed E-state index contributed by atoms with van der Waals surface area (Å²) in [5.41, 5.74) is 0.772. The summed E-state index contributed by atoms with van der Waals surface area (Å²) in [6.45, 7) is 4.10. The minimum absolute atomic E-state index is 0.00627. The molecular formula is C27H34N4O8S. The number of carbonyl (C=O) groups is 5. The molecule has 1 aliphatic heterocycles. The van der Waals surface area contributed by atoms with Gasteiger partial charge in [0.2, 0.25) is 0 Å². The van der Waals surface area contributed by atoms with Gasteiger partial charge in [-0.2, -0.15) is 0 Å². The maximum atomic E-state index is 13.4. The SMILES string of the molecule is CCCCOC(=O)CCc1sc(-c2ccccc2)nc1C(=O)NC(CCC(=O)O)C(=O)OC(=O)N1CCNCC1. The van der Waals surface area contributed by atoms with Crippen LogP contribution in [0.5, 0.6) is 0 Å². The molecule has 0 saturated carbocycles. The number of carboxylic acids is 1. The van der Waals surface area contributed by atoms with Gasteiger partial charge in [-0.25, -0.2) is 14.6 Å². The number of rotatable bonds is 13. The predicted octanol–water partition coefficient (Wildman–Crippen LogP) is 2.62. The maximum Gasteiger partial charge on any atom is 0.417 e. The summed E-state index contributed by atoms with van der Waals surface area (Å²) < 4.78 is 10.2.